The van der Waals surface area contributed by atoms with Gasteiger partial charge in [-0.15, -0.1) is 5.12 Å². The van der Waals surface area contributed by atoms with E-state index in [0.717, 1.165) is 11.0 Å². The maximum absolute atomic E-state index is 10.5. The molecule has 0 bridgehead atoms. The number of rotatable bonds is 3. The molecule has 4 N–H and O–H groups in total. The molecule has 0 aliphatic rings. The first-order chi connectivity index (χ1) is 6.16. The van der Waals surface area contributed by atoms with E-state index < -0.39 is 6.09 Å². The highest BCUT2D eigenvalue weighted by Gasteiger charge is 2.14. The van der Waals surface area contributed by atoms with Crippen molar-refractivity contribution in [1.82, 2.24) is 15.1 Å². The zero-order valence-electron chi connectivity index (χ0n) is 6.41. The van der Waals surface area contributed by atoms with Crippen molar-refractivity contribution in [3.8, 4) is 0 Å². The number of nitrogens with zero attached hydrogens (tertiary/aromatic N) is 3. The summed E-state index contributed by atoms with van der Waals surface area (Å²) in [6.07, 6.45) is 1.24. The number of nitrogen functional groups attached to an aromatic ring is 1. The van der Waals surface area contributed by atoms with Gasteiger partial charge in [-0.1, -0.05) is 0 Å². The third-order valence-electron chi connectivity index (χ3n) is 1.22. The maximum atomic E-state index is 10.5. The SMILES string of the molecule is Nc1cncn1N(NC=O)C(=O)O. The monoisotopic (exact) mass is 185 g/mol. The molecule has 0 spiro atoms. The summed E-state index contributed by atoms with van der Waals surface area (Å²) < 4.78 is 0.969. The van der Waals surface area contributed by atoms with Crippen molar-refractivity contribution in [3.63, 3.8) is 0 Å². The quantitative estimate of drug-likeness (QED) is 0.402. The van der Waals surface area contributed by atoms with Gasteiger partial charge in [0.05, 0.1) is 6.20 Å². The number of nitrogens with one attached hydrogen (secondary N) is 1. The third-order valence-corrected chi connectivity index (χ3v) is 1.22. The van der Waals surface area contributed by atoms with Crippen molar-refractivity contribution in [3.05, 3.63) is 12.5 Å². The number of hydrogen-bond donors (Lipinski definition) is 3. The smallest absolute Gasteiger partial charge is 0.446 e. The van der Waals surface area contributed by atoms with Crippen LogP contribution in [0.3, 0.4) is 0 Å². The summed E-state index contributed by atoms with van der Waals surface area (Å²) in [5, 5.41) is 9.10. The Hall–Kier alpha value is -2.25. The summed E-state index contributed by atoms with van der Waals surface area (Å²) in [7, 11) is 0. The van der Waals surface area contributed by atoms with E-state index in [1.54, 1.807) is 0 Å². The second-order valence-corrected chi connectivity index (χ2v) is 2.00. The fraction of sp³-hybridized carbons (Fsp3) is 0. The number of anilines is 1. The molecular formula is C5H7N5O3. The van der Waals surface area contributed by atoms with E-state index in [2.05, 4.69) is 4.98 Å². The van der Waals surface area contributed by atoms with Crippen LogP contribution >= 0.6 is 0 Å². The van der Waals surface area contributed by atoms with Gasteiger partial charge in [0.15, 0.2) is 0 Å². The average Bonchev–Trinajstić information content (AvgIpc) is 2.47. The molecule has 0 fully saturated rings. The van der Waals surface area contributed by atoms with Crippen LogP contribution in [0.25, 0.3) is 0 Å². The molecule has 0 saturated heterocycles. The Morgan fingerprint density at radius 2 is 2.54 bits per heavy atom. The van der Waals surface area contributed by atoms with Crippen molar-refractivity contribution in [2.24, 2.45) is 0 Å². The number of amides is 2. The molecule has 0 aliphatic carbocycles. The number of imidazole rings is 1. The van der Waals surface area contributed by atoms with Gasteiger partial charge in [-0.25, -0.2) is 19.9 Å². The lowest BCUT2D eigenvalue weighted by atomic mass is 10.8. The Balaban J connectivity index is 2.94. The van der Waals surface area contributed by atoms with E-state index in [1.165, 1.54) is 6.20 Å². The Labute approximate surface area is 72.5 Å². The fourth-order valence-corrected chi connectivity index (χ4v) is 0.725. The van der Waals surface area contributed by atoms with E-state index in [-0.39, 0.29) is 12.2 Å². The molecule has 0 aliphatic heterocycles. The largest absolute Gasteiger partial charge is 0.462 e. The van der Waals surface area contributed by atoms with Crippen LogP contribution in [0, 0.1) is 0 Å². The van der Waals surface area contributed by atoms with Crippen LogP contribution in [0.15, 0.2) is 12.5 Å². The summed E-state index contributed by atoms with van der Waals surface area (Å²) >= 11 is 0. The minimum absolute atomic E-state index is 0.0942. The summed E-state index contributed by atoms with van der Waals surface area (Å²) in [6.45, 7) is 0. The van der Waals surface area contributed by atoms with E-state index in [9.17, 15) is 9.59 Å². The van der Waals surface area contributed by atoms with E-state index >= 15 is 0 Å². The minimum atomic E-state index is -1.38. The van der Waals surface area contributed by atoms with E-state index in [0.29, 0.717) is 5.12 Å². The van der Waals surface area contributed by atoms with Crippen LogP contribution in [0.1, 0.15) is 0 Å². The molecule has 0 atom stereocenters. The van der Waals surface area contributed by atoms with Crippen molar-refractivity contribution in [1.29, 1.82) is 0 Å². The Morgan fingerprint density at radius 3 is 2.92 bits per heavy atom. The van der Waals surface area contributed by atoms with Crippen LogP contribution < -0.4 is 16.3 Å². The Morgan fingerprint density at radius 1 is 1.85 bits per heavy atom. The average molecular weight is 185 g/mol. The van der Waals surface area contributed by atoms with Crippen LogP contribution in [-0.4, -0.2) is 27.3 Å². The van der Waals surface area contributed by atoms with Gasteiger partial charge in [-0.2, -0.15) is 0 Å². The van der Waals surface area contributed by atoms with Crippen molar-refractivity contribution >= 4 is 18.3 Å². The highest BCUT2D eigenvalue weighted by Crippen LogP contribution is 1.99. The summed E-state index contributed by atoms with van der Waals surface area (Å²) in [5.74, 6) is 0.0942. The molecule has 0 saturated carbocycles. The van der Waals surface area contributed by atoms with Gasteiger partial charge < -0.3 is 10.8 Å². The predicted octanol–water partition coefficient (Wildman–Crippen LogP) is -1.26. The molecule has 0 unspecified atom stereocenters. The van der Waals surface area contributed by atoms with E-state index in [1.807, 2.05) is 5.43 Å². The van der Waals surface area contributed by atoms with Crippen molar-refractivity contribution in [2.75, 3.05) is 10.9 Å². The minimum Gasteiger partial charge on any atom is -0.462 e. The summed E-state index contributed by atoms with van der Waals surface area (Å²) in [5.41, 5.74) is 7.27. The van der Waals surface area contributed by atoms with Gasteiger partial charge in [-0.3, -0.25) is 4.79 Å². The number of carboxylic acid groups (broad SMARTS) is 1. The third kappa shape index (κ3) is 1.67. The molecule has 2 amide bonds. The van der Waals surface area contributed by atoms with Crippen LogP contribution in [-0.2, 0) is 4.79 Å². The molecule has 70 valence electrons. The van der Waals surface area contributed by atoms with Gasteiger partial charge >= 0.3 is 6.09 Å². The molecule has 1 aromatic rings. The Bertz CT molecular complexity index is 322. The second kappa shape index (κ2) is 3.43. The van der Waals surface area contributed by atoms with Gasteiger partial charge in [0.2, 0.25) is 6.41 Å². The van der Waals surface area contributed by atoms with Crippen LogP contribution in [0.4, 0.5) is 10.6 Å². The van der Waals surface area contributed by atoms with Crippen molar-refractivity contribution in [2.45, 2.75) is 0 Å². The van der Waals surface area contributed by atoms with Crippen LogP contribution in [0.2, 0.25) is 0 Å². The first-order valence-corrected chi connectivity index (χ1v) is 3.17. The molecule has 1 aromatic heterocycles. The van der Waals surface area contributed by atoms with Gasteiger partial charge in [-0.05, 0) is 0 Å². The number of aromatic nitrogens is 2. The molecule has 1 heterocycles. The molecule has 8 heteroatoms. The van der Waals surface area contributed by atoms with Crippen molar-refractivity contribution < 1.29 is 14.7 Å². The van der Waals surface area contributed by atoms with Gasteiger partial charge in [0.1, 0.15) is 12.1 Å². The maximum Gasteiger partial charge on any atom is 0.446 e. The molecule has 8 nitrogen and oxygen atoms in total. The number of carbonyl (C=O) groups is 2. The number of hydrogen-bond acceptors (Lipinski definition) is 4. The number of hydrazine groups is 1. The van der Waals surface area contributed by atoms with Crippen LogP contribution in [0.5, 0.6) is 0 Å². The summed E-state index contributed by atoms with van der Waals surface area (Å²) in [6, 6.07) is 0. The number of carbonyl (C=O) groups excluding carboxylic acids is 1. The first-order valence-electron chi connectivity index (χ1n) is 3.17. The second-order valence-electron chi connectivity index (χ2n) is 2.00. The molecule has 1 rings (SSSR count). The Kier molecular flexibility index (Phi) is 2.33. The van der Waals surface area contributed by atoms with E-state index in [4.69, 9.17) is 10.8 Å². The highest BCUT2D eigenvalue weighted by molar-refractivity contribution is 5.78. The topological polar surface area (TPSA) is 113 Å². The fourth-order valence-electron chi connectivity index (χ4n) is 0.725. The lowest BCUT2D eigenvalue weighted by molar-refractivity contribution is -0.110. The lowest BCUT2D eigenvalue weighted by Crippen LogP contribution is -2.49. The molecule has 0 radical (unpaired) electrons. The molecular weight excluding hydrogens is 178 g/mol. The zero-order valence-corrected chi connectivity index (χ0v) is 6.41. The molecule has 0 aromatic carbocycles. The zero-order chi connectivity index (χ0) is 9.84. The van der Waals surface area contributed by atoms with Gasteiger partial charge in [0.25, 0.3) is 0 Å². The standard InChI is InChI=1S/C5H7N5O3/c6-4-1-7-2-9(4)10(5(12)13)8-3-11/h1-3H,6H2,(H,8,11)(H,12,13). The molecule has 13 heavy (non-hydrogen) atoms. The number of nitrogens with two attached hydrogens (primary N) is 1. The highest BCUT2D eigenvalue weighted by atomic mass is 16.4. The normalized spacial score (nSPS) is 9.23. The first kappa shape index (κ1) is 8.84. The summed E-state index contributed by atoms with van der Waals surface area (Å²) in [4.78, 5) is 24.2. The lowest BCUT2D eigenvalue weighted by Gasteiger charge is -2.18. The van der Waals surface area contributed by atoms with Gasteiger partial charge in [0, 0.05) is 0 Å². The predicted molar refractivity (Wildman–Crippen MR) is 42.1 cm³/mol.